The molecule has 2 aromatic carbocycles. The van der Waals surface area contributed by atoms with Gasteiger partial charge < -0.3 is 39.7 Å². The number of carbonyl (C=O) groups excluding carboxylic acids is 2. The number of nitrogens with one attached hydrogen (secondary N) is 1. The van der Waals surface area contributed by atoms with Gasteiger partial charge in [-0.15, -0.1) is 0 Å². The summed E-state index contributed by atoms with van der Waals surface area (Å²) < 4.78 is 17.9. The van der Waals surface area contributed by atoms with Crippen molar-refractivity contribution in [3.8, 4) is 17.2 Å². The molecule has 4 N–H and O–H groups in total. The van der Waals surface area contributed by atoms with Crippen molar-refractivity contribution in [2.75, 3.05) is 33.9 Å². The Kier molecular flexibility index (Phi) is 12.1. The van der Waals surface area contributed by atoms with Crippen molar-refractivity contribution in [2.45, 2.75) is 63.4 Å². The first-order chi connectivity index (χ1) is 20.8. The highest BCUT2D eigenvalue weighted by Crippen LogP contribution is 2.38. The second-order valence-electron chi connectivity index (χ2n) is 10.9. The van der Waals surface area contributed by atoms with Gasteiger partial charge in [0.15, 0.2) is 11.5 Å². The number of hydrogen-bond acceptors (Lipinski definition) is 8. The minimum atomic E-state index is -1.15. The first kappa shape index (κ1) is 33.0. The summed E-state index contributed by atoms with van der Waals surface area (Å²) in [6.45, 7) is 0.0180. The Balaban J connectivity index is 1.69. The summed E-state index contributed by atoms with van der Waals surface area (Å²) in [5.41, 5.74) is 1.99. The largest absolute Gasteiger partial charge is 0.497 e. The van der Waals surface area contributed by atoms with Gasteiger partial charge in [0.1, 0.15) is 18.0 Å². The molecule has 11 heteroatoms. The van der Waals surface area contributed by atoms with Gasteiger partial charge in [-0.3, -0.25) is 9.59 Å². The molecule has 2 amide bonds. The van der Waals surface area contributed by atoms with Gasteiger partial charge in [0, 0.05) is 31.0 Å². The molecule has 3 atom stereocenters. The van der Waals surface area contributed by atoms with E-state index in [1.807, 2.05) is 24.3 Å². The maximum Gasteiger partial charge on any atom is 0.247 e. The molecule has 2 aliphatic carbocycles. The molecule has 0 unspecified atom stereocenters. The number of nitrogens with zero attached hydrogens (tertiary/aromatic N) is 1. The van der Waals surface area contributed by atoms with E-state index in [9.17, 15) is 24.9 Å². The third kappa shape index (κ3) is 8.20. The fraction of sp³-hybridized carbons (Fsp3) is 0.500. The van der Waals surface area contributed by atoms with E-state index in [2.05, 4.69) is 27.9 Å². The molecule has 0 spiro atoms. The van der Waals surface area contributed by atoms with Crippen LogP contribution in [-0.4, -0.2) is 84.2 Å². The van der Waals surface area contributed by atoms with E-state index in [0.29, 0.717) is 39.2 Å². The zero-order valence-corrected chi connectivity index (χ0v) is 26.8. The molecule has 10 nitrogen and oxygen atoms in total. The quantitative estimate of drug-likeness (QED) is 0.233. The molecule has 1 fully saturated rings. The fourth-order valence-corrected chi connectivity index (χ4v) is 6.61. The molecule has 1 saturated carbocycles. The molecule has 0 aliphatic heterocycles. The molecule has 43 heavy (non-hydrogen) atoms. The van der Waals surface area contributed by atoms with E-state index in [4.69, 9.17) is 14.2 Å². The monoisotopic (exact) mass is 708 g/mol. The van der Waals surface area contributed by atoms with Crippen molar-refractivity contribution < 1.29 is 39.1 Å². The van der Waals surface area contributed by atoms with Crippen LogP contribution in [-0.2, 0) is 22.6 Å². The Labute approximate surface area is 266 Å². The number of methoxy groups -OCH3 is 2. The lowest BCUT2D eigenvalue weighted by Crippen LogP contribution is -2.56. The zero-order chi connectivity index (χ0) is 30.9. The first-order valence-electron chi connectivity index (χ1n) is 14.6. The molecule has 4 rings (SSSR count). The SMILES string of the molecule is COc1cccc(CCN(C(=O)C2CCCC2)[C@@H]2CC(C(=O)NCCO)=C[C@H](Oc3c(I)cc(CO)cc3OC)[C@H]2O)c1. The van der Waals surface area contributed by atoms with Crippen molar-refractivity contribution in [1.29, 1.82) is 0 Å². The highest BCUT2D eigenvalue weighted by molar-refractivity contribution is 14.1. The van der Waals surface area contributed by atoms with Gasteiger partial charge in [0.2, 0.25) is 11.8 Å². The summed E-state index contributed by atoms with van der Waals surface area (Å²) in [7, 11) is 3.10. The molecule has 0 heterocycles. The molecule has 0 saturated heterocycles. The second-order valence-corrected chi connectivity index (χ2v) is 12.1. The molecule has 234 valence electrons. The Morgan fingerprint density at radius 2 is 1.84 bits per heavy atom. The van der Waals surface area contributed by atoms with E-state index in [1.54, 1.807) is 30.2 Å². The Morgan fingerprint density at radius 3 is 2.51 bits per heavy atom. The molecule has 0 aromatic heterocycles. The van der Waals surface area contributed by atoms with E-state index in [0.717, 1.165) is 37.0 Å². The molecular formula is C32H41IN2O8. The summed E-state index contributed by atoms with van der Waals surface area (Å²) in [4.78, 5) is 28.9. The molecule has 2 aliphatic rings. The van der Waals surface area contributed by atoms with Crippen LogP contribution in [0.2, 0.25) is 0 Å². The summed E-state index contributed by atoms with van der Waals surface area (Å²) in [5, 5.41) is 33.5. The van der Waals surface area contributed by atoms with Gasteiger partial charge >= 0.3 is 0 Å². The standard InChI is InChI=1S/C32H41IN2O8/c1-41-24-9-5-6-20(14-24)10-12-35(32(40)22-7-3-4-8-22)26-17-23(31(39)34-11-13-36)18-27(29(26)38)43-30-25(33)15-21(19-37)16-28(30)42-2/h5-6,9,14-16,18,22,26-27,29,36-38H,3-4,7-8,10-13,17,19H2,1-2H3,(H,34,39)/t26-,27+,29+/m1/s1. The Bertz CT molecular complexity index is 1300. The number of aliphatic hydroxyl groups excluding tert-OH is 3. The summed E-state index contributed by atoms with van der Waals surface area (Å²) in [5.74, 6) is 0.904. The van der Waals surface area contributed by atoms with Crippen molar-refractivity contribution in [3.05, 3.63) is 62.7 Å². The topological polar surface area (TPSA) is 138 Å². The van der Waals surface area contributed by atoms with Crippen LogP contribution in [0.3, 0.4) is 0 Å². The van der Waals surface area contributed by atoms with Crippen LogP contribution in [0.25, 0.3) is 0 Å². The van der Waals surface area contributed by atoms with Crippen LogP contribution < -0.4 is 19.5 Å². The molecule has 2 aromatic rings. The average Bonchev–Trinajstić information content (AvgIpc) is 3.57. The summed E-state index contributed by atoms with van der Waals surface area (Å²) in [6.07, 6.45) is 3.68. The number of ether oxygens (including phenoxy) is 3. The number of rotatable bonds is 13. The van der Waals surface area contributed by atoms with Crippen LogP contribution >= 0.6 is 22.6 Å². The van der Waals surface area contributed by atoms with Gasteiger partial charge in [-0.25, -0.2) is 0 Å². The van der Waals surface area contributed by atoms with E-state index in [1.165, 1.54) is 7.11 Å². The van der Waals surface area contributed by atoms with Crippen LogP contribution in [0.5, 0.6) is 17.2 Å². The number of amides is 2. The number of benzene rings is 2. The van der Waals surface area contributed by atoms with Crippen molar-refractivity contribution >= 4 is 34.4 Å². The lowest BCUT2D eigenvalue weighted by molar-refractivity contribution is -0.142. The minimum absolute atomic E-state index is 0.0281. The van der Waals surface area contributed by atoms with Crippen LogP contribution in [0, 0.1) is 9.49 Å². The predicted molar refractivity (Wildman–Crippen MR) is 169 cm³/mol. The number of hydrogen-bond donors (Lipinski definition) is 4. The maximum atomic E-state index is 14.0. The Hall–Kier alpha value is -2.87. The average molecular weight is 709 g/mol. The third-order valence-corrected chi connectivity index (χ3v) is 8.90. The maximum absolute atomic E-state index is 14.0. The fourth-order valence-electron chi connectivity index (χ4n) is 5.82. The van der Waals surface area contributed by atoms with E-state index < -0.39 is 24.2 Å². The highest BCUT2D eigenvalue weighted by atomic mass is 127. The van der Waals surface area contributed by atoms with Gasteiger partial charge in [0.25, 0.3) is 0 Å². The minimum Gasteiger partial charge on any atom is -0.497 e. The van der Waals surface area contributed by atoms with Crippen molar-refractivity contribution in [2.24, 2.45) is 5.92 Å². The Morgan fingerprint density at radius 1 is 1.07 bits per heavy atom. The summed E-state index contributed by atoms with van der Waals surface area (Å²) in [6, 6.07) is 10.4. The molecule has 0 radical (unpaired) electrons. The third-order valence-electron chi connectivity index (χ3n) is 8.10. The summed E-state index contributed by atoms with van der Waals surface area (Å²) >= 11 is 2.08. The smallest absolute Gasteiger partial charge is 0.247 e. The number of aliphatic hydroxyl groups is 3. The second kappa shape index (κ2) is 15.7. The van der Waals surface area contributed by atoms with Gasteiger partial charge in [-0.1, -0.05) is 25.0 Å². The van der Waals surface area contributed by atoms with Gasteiger partial charge in [-0.05, 0) is 83.3 Å². The van der Waals surface area contributed by atoms with Crippen LogP contribution in [0.1, 0.15) is 43.2 Å². The zero-order valence-electron chi connectivity index (χ0n) is 24.6. The lowest BCUT2D eigenvalue weighted by Gasteiger charge is -2.41. The van der Waals surface area contributed by atoms with Crippen molar-refractivity contribution in [1.82, 2.24) is 10.2 Å². The lowest BCUT2D eigenvalue weighted by atomic mass is 9.87. The normalized spacial score (nSPS) is 20.3. The first-order valence-corrected chi connectivity index (χ1v) is 15.7. The predicted octanol–water partition coefficient (Wildman–Crippen LogP) is 2.98. The van der Waals surface area contributed by atoms with Crippen LogP contribution in [0.15, 0.2) is 48.0 Å². The number of halogens is 1. The number of carbonyl (C=O) groups is 2. The van der Waals surface area contributed by atoms with Gasteiger partial charge in [-0.2, -0.15) is 0 Å². The van der Waals surface area contributed by atoms with E-state index >= 15 is 0 Å². The highest BCUT2D eigenvalue weighted by Gasteiger charge is 2.42. The van der Waals surface area contributed by atoms with Crippen LogP contribution in [0.4, 0.5) is 0 Å². The van der Waals surface area contributed by atoms with E-state index in [-0.39, 0.29) is 38.0 Å². The molecular weight excluding hydrogens is 667 g/mol. The molecule has 0 bridgehead atoms. The van der Waals surface area contributed by atoms with Crippen molar-refractivity contribution in [3.63, 3.8) is 0 Å². The van der Waals surface area contributed by atoms with Gasteiger partial charge in [0.05, 0.1) is 37.0 Å².